The molecule has 40 heavy (non-hydrogen) atoms. The number of anilines is 2. The Morgan fingerprint density at radius 2 is 1.65 bits per heavy atom. The summed E-state index contributed by atoms with van der Waals surface area (Å²) in [6.45, 7) is 2.98. The minimum atomic E-state index is -1.05. The van der Waals surface area contributed by atoms with Gasteiger partial charge in [-0.05, 0) is 72.2 Å². The molecule has 0 unspecified atom stereocenters. The number of rotatable bonds is 10. The number of carbonyl (C=O) groups is 2. The quantitative estimate of drug-likeness (QED) is 0.330. The zero-order valence-corrected chi connectivity index (χ0v) is 22.0. The lowest BCUT2D eigenvalue weighted by Gasteiger charge is -2.23. The number of nitriles is 2. The van der Waals surface area contributed by atoms with Crippen molar-refractivity contribution in [3.05, 3.63) is 107 Å². The van der Waals surface area contributed by atoms with Crippen LogP contribution in [0.25, 0.3) is 12.2 Å². The van der Waals surface area contributed by atoms with E-state index in [1.165, 1.54) is 17.0 Å². The van der Waals surface area contributed by atoms with Crippen LogP contribution in [-0.4, -0.2) is 35.9 Å². The standard InChI is InChI=1S/C32H27N5O3/c1-23-21-28(36(19-5-17-33)20-6-18-34)15-12-26(23)22-29-31(38)37(27-13-10-25(11-14-27)32(39)40)30(35-29)16-9-24-7-3-2-4-8-24/h2-4,7-16,21-22H,5-6,19-20H2,1H3,(H,39,40)/b16-9+,29-22+. The Hall–Kier alpha value is -5.47. The molecule has 0 saturated carbocycles. The SMILES string of the molecule is Cc1cc(N(CCC#N)CCC#N)ccc1/C=C1N=C(/C=C/c2ccccc2)N(c2ccc(C(=O)O)cc2)C/1=O. The largest absolute Gasteiger partial charge is 0.478 e. The number of aryl methyl sites for hydroxylation is 1. The van der Waals surface area contributed by atoms with E-state index in [1.807, 2.05) is 66.4 Å². The van der Waals surface area contributed by atoms with Gasteiger partial charge in [0.1, 0.15) is 11.5 Å². The zero-order chi connectivity index (χ0) is 28.5. The van der Waals surface area contributed by atoms with E-state index in [4.69, 9.17) is 10.5 Å². The number of carboxylic acid groups (broad SMARTS) is 1. The lowest BCUT2D eigenvalue weighted by atomic mass is 10.1. The molecule has 3 aromatic carbocycles. The number of aliphatic imine (C=N–C) groups is 1. The van der Waals surface area contributed by atoms with Crippen LogP contribution in [0.5, 0.6) is 0 Å². The zero-order valence-electron chi connectivity index (χ0n) is 22.0. The highest BCUT2D eigenvalue weighted by Crippen LogP contribution is 2.28. The van der Waals surface area contributed by atoms with Gasteiger partial charge in [0.05, 0.1) is 36.2 Å². The first-order valence-electron chi connectivity index (χ1n) is 12.7. The van der Waals surface area contributed by atoms with E-state index in [0.29, 0.717) is 37.5 Å². The van der Waals surface area contributed by atoms with Crippen LogP contribution in [0.1, 0.15) is 39.9 Å². The highest BCUT2D eigenvalue weighted by Gasteiger charge is 2.30. The maximum absolute atomic E-state index is 13.6. The summed E-state index contributed by atoms with van der Waals surface area (Å²) in [6, 6.07) is 25.8. The predicted molar refractivity (Wildman–Crippen MR) is 156 cm³/mol. The van der Waals surface area contributed by atoms with E-state index in [2.05, 4.69) is 17.1 Å². The molecule has 3 aromatic rings. The fourth-order valence-electron chi connectivity index (χ4n) is 4.29. The van der Waals surface area contributed by atoms with Gasteiger partial charge in [-0.15, -0.1) is 0 Å². The second-order valence-electron chi connectivity index (χ2n) is 9.08. The maximum atomic E-state index is 13.6. The molecule has 4 rings (SSSR count). The van der Waals surface area contributed by atoms with Gasteiger partial charge in [-0.2, -0.15) is 10.5 Å². The van der Waals surface area contributed by atoms with Crippen LogP contribution in [0, 0.1) is 29.6 Å². The van der Waals surface area contributed by atoms with Crippen molar-refractivity contribution in [3.8, 4) is 12.1 Å². The first kappa shape index (κ1) is 27.6. The summed E-state index contributed by atoms with van der Waals surface area (Å²) in [5.74, 6) is -0.962. The number of amidine groups is 1. The average molecular weight is 530 g/mol. The van der Waals surface area contributed by atoms with E-state index in [9.17, 15) is 14.7 Å². The van der Waals surface area contributed by atoms with Crippen LogP contribution in [0.15, 0.2) is 89.6 Å². The normalized spacial score (nSPS) is 13.8. The number of aromatic carboxylic acids is 1. The number of hydrogen-bond acceptors (Lipinski definition) is 6. The number of nitrogens with zero attached hydrogens (tertiary/aromatic N) is 5. The van der Waals surface area contributed by atoms with Crippen LogP contribution < -0.4 is 9.80 Å². The molecule has 0 saturated heterocycles. The molecule has 198 valence electrons. The van der Waals surface area contributed by atoms with Crippen LogP contribution in [0.4, 0.5) is 11.4 Å². The third kappa shape index (κ3) is 6.50. The van der Waals surface area contributed by atoms with Gasteiger partial charge >= 0.3 is 5.97 Å². The first-order valence-corrected chi connectivity index (χ1v) is 12.7. The number of hydrogen-bond donors (Lipinski definition) is 1. The number of benzene rings is 3. The lowest BCUT2D eigenvalue weighted by Crippen LogP contribution is -2.30. The maximum Gasteiger partial charge on any atom is 0.335 e. The van der Waals surface area contributed by atoms with Crippen molar-refractivity contribution in [2.45, 2.75) is 19.8 Å². The summed E-state index contributed by atoms with van der Waals surface area (Å²) in [5, 5.41) is 27.3. The van der Waals surface area contributed by atoms with Gasteiger partial charge in [0.15, 0.2) is 0 Å². The van der Waals surface area contributed by atoms with Gasteiger partial charge in [0.2, 0.25) is 0 Å². The predicted octanol–water partition coefficient (Wildman–Crippen LogP) is 5.83. The molecule has 1 N–H and O–H groups in total. The van der Waals surface area contributed by atoms with Gasteiger partial charge in [-0.25, -0.2) is 9.79 Å². The molecule has 8 nitrogen and oxygen atoms in total. The highest BCUT2D eigenvalue weighted by molar-refractivity contribution is 6.32. The van der Waals surface area contributed by atoms with Gasteiger partial charge in [0, 0.05) is 18.8 Å². The van der Waals surface area contributed by atoms with E-state index in [-0.39, 0.29) is 17.2 Å². The van der Waals surface area contributed by atoms with Crippen LogP contribution in [0.3, 0.4) is 0 Å². The van der Waals surface area contributed by atoms with E-state index >= 15 is 0 Å². The van der Waals surface area contributed by atoms with Crippen LogP contribution >= 0.6 is 0 Å². The van der Waals surface area contributed by atoms with E-state index < -0.39 is 5.97 Å². The third-order valence-corrected chi connectivity index (χ3v) is 6.38. The van der Waals surface area contributed by atoms with Crippen molar-refractivity contribution in [1.29, 1.82) is 10.5 Å². The lowest BCUT2D eigenvalue weighted by molar-refractivity contribution is -0.113. The molecule has 0 bridgehead atoms. The fraction of sp³-hybridized carbons (Fsp3) is 0.156. The monoisotopic (exact) mass is 529 g/mol. The Bertz CT molecular complexity index is 1560. The Morgan fingerprint density at radius 3 is 2.25 bits per heavy atom. The number of amides is 1. The topological polar surface area (TPSA) is 121 Å². The van der Waals surface area contributed by atoms with Crippen LogP contribution in [0.2, 0.25) is 0 Å². The summed E-state index contributed by atoms with van der Waals surface area (Å²) in [5.41, 5.74) is 4.45. The van der Waals surface area contributed by atoms with E-state index in [1.54, 1.807) is 24.3 Å². The molecule has 0 spiro atoms. The second-order valence-corrected chi connectivity index (χ2v) is 9.08. The van der Waals surface area contributed by atoms with Gasteiger partial charge < -0.3 is 10.0 Å². The fourth-order valence-corrected chi connectivity index (χ4v) is 4.29. The van der Waals surface area contributed by atoms with Crippen molar-refractivity contribution in [2.75, 3.05) is 22.9 Å². The first-order chi connectivity index (χ1) is 19.4. The minimum Gasteiger partial charge on any atom is -0.478 e. The smallest absolute Gasteiger partial charge is 0.335 e. The van der Waals surface area contributed by atoms with E-state index in [0.717, 1.165) is 22.4 Å². The molecular formula is C32H27N5O3. The number of carbonyl (C=O) groups excluding carboxylic acids is 1. The summed E-state index contributed by atoms with van der Waals surface area (Å²) in [7, 11) is 0. The Kier molecular flexibility index (Phi) is 8.86. The van der Waals surface area contributed by atoms with Crippen molar-refractivity contribution in [3.63, 3.8) is 0 Å². The Balaban J connectivity index is 1.68. The average Bonchev–Trinajstić information content (AvgIpc) is 3.28. The molecule has 1 aliphatic heterocycles. The molecule has 1 aliphatic rings. The molecule has 0 fully saturated rings. The van der Waals surface area contributed by atoms with Gasteiger partial charge in [0.25, 0.3) is 5.91 Å². The van der Waals surface area contributed by atoms with Crippen molar-refractivity contribution >= 4 is 41.2 Å². The molecule has 0 atom stereocenters. The molecular weight excluding hydrogens is 502 g/mol. The summed E-state index contributed by atoms with van der Waals surface area (Å²) in [6.07, 6.45) is 6.06. The highest BCUT2D eigenvalue weighted by atomic mass is 16.4. The van der Waals surface area contributed by atoms with Gasteiger partial charge in [-0.1, -0.05) is 42.5 Å². The molecule has 1 amide bonds. The Morgan fingerprint density at radius 1 is 0.975 bits per heavy atom. The molecule has 1 heterocycles. The Labute approximate surface area is 233 Å². The van der Waals surface area contributed by atoms with Crippen LogP contribution in [-0.2, 0) is 4.79 Å². The third-order valence-electron chi connectivity index (χ3n) is 6.38. The molecule has 0 aliphatic carbocycles. The summed E-state index contributed by atoms with van der Waals surface area (Å²) >= 11 is 0. The van der Waals surface area contributed by atoms with Crippen molar-refractivity contribution in [2.24, 2.45) is 4.99 Å². The molecule has 0 radical (unpaired) electrons. The van der Waals surface area contributed by atoms with Crippen molar-refractivity contribution in [1.82, 2.24) is 0 Å². The number of carboxylic acids is 1. The summed E-state index contributed by atoms with van der Waals surface area (Å²) < 4.78 is 0. The van der Waals surface area contributed by atoms with Gasteiger partial charge in [-0.3, -0.25) is 9.69 Å². The second kappa shape index (κ2) is 12.9. The van der Waals surface area contributed by atoms with Crippen molar-refractivity contribution < 1.29 is 14.7 Å². The summed E-state index contributed by atoms with van der Waals surface area (Å²) in [4.78, 5) is 33.0. The molecule has 0 aromatic heterocycles. The minimum absolute atomic E-state index is 0.124. The molecule has 8 heteroatoms.